The summed E-state index contributed by atoms with van der Waals surface area (Å²) in [5.74, 6) is 0.661. The van der Waals surface area contributed by atoms with Gasteiger partial charge in [0.15, 0.2) is 11.6 Å². The number of nitrogens with zero attached hydrogens (tertiary/aromatic N) is 2. The van der Waals surface area contributed by atoms with Gasteiger partial charge in [-0.3, -0.25) is 9.89 Å². The van der Waals surface area contributed by atoms with Crippen LogP contribution in [0.3, 0.4) is 0 Å². The molecule has 0 unspecified atom stereocenters. The maximum Gasteiger partial charge on any atom is 0.313 e. The molecule has 2 N–H and O–H groups in total. The smallest absolute Gasteiger partial charge is 0.313 e. The topological polar surface area (TPSA) is 92.0 Å². The van der Waals surface area contributed by atoms with E-state index in [1.165, 1.54) is 0 Å². The Morgan fingerprint density at radius 1 is 1.23 bits per heavy atom. The summed E-state index contributed by atoms with van der Waals surface area (Å²) < 4.78 is 5.73. The fourth-order valence-corrected chi connectivity index (χ4v) is 2.33. The highest BCUT2D eigenvalue weighted by Crippen LogP contribution is 2.27. The van der Waals surface area contributed by atoms with E-state index in [1.54, 1.807) is 18.2 Å². The van der Waals surface area contributed by atoms with Gasteiger partial charge >= 0.3 is 5.97 Å². The van der Waals surface area contributed by atoms with Crippen molar-refractivity contribution in [1.29, 1.82) is 0 Å². The van der Waals surface area contributed by atoms with Crippen molar-refractivity contribution in [2.45, 2.75) is 5.16 Å². The fourth-order valence-electron chi connectivity index (χ4n) is 1.82. The van der Waals surface area contributed by atoms with Crippen molar-refractivity contribution >= 4 is 31.0 Å². The van der Waals surface area contributed by atoms with Gasteiger partial charge in [0, 0.05) is 5.56 Å². The van der Waals surface area contributed by atoms with Gasteiger partial charge in [-0.2, -0.15) is 4.98 Å². The predicted octanol–water partition coefficient (Wildman–Crippen LogP) is 1.70. The summed E-state index contributed by atoms with van der Waals surface area (Å²) >= 11 is 1.04. The van der Waals surface area contributed by atoms with Crippen LogP contribution in [0.5, 0.6) is 0 Å². The molecule has 0 spiro atoms. The Morgan fingerprint density at radius 3 is 2.68 bits per heavy atom. The third-order valence-electron chi connectivity index (χ3n) is 2.82. The van der Waals surface area contributed by atoms with E-state index in [9.17, 15) is 4.79 Å². The first-order valence-electron chi connectivity index (χ1n) is 6.35. The zero-order valence-corrected chi connectivity index (χ0v) is 12.1. The summed E-state index contributed by atoms with van der Waals surface area (Å²) in [5.41, 5.74) is 1.59. The molecule has 0 fully saturated rings. The van der Waals surface area contributed by atoms with Crippen LogP contribution in [0.25, 0.3) is 22.9 Å². The lowest BCUT2D eigenvalue weighted by atomic mass is 9.95. The van der Waals surface area contributed by atoms with Crippen molar-refractivity contribution in [3.8, 4) is 22.9 Å². The second-order valence-electron chi connectivity index (χ2n) is 4.43. The Morgan fingerprint density at radius 2 is 1.95 bits per heavy atom. The quantitative estimate of drug-likeness (QED) is 0.550. The number of nitrogens with one attached hydrogen (secondary N) is 1. The SMILES string of the molecule is [B]c1ccc(-c2ccc(-c3nc(SCC(=O)O)n[nH]3)o2)cc1. The van der Waals surface area contributed by atoms with Crippen molar-refractivity contribution in [3.05, 3.63) is 36.4 Å². The monoisotopic (exact) mass is 311 g/mol. The first-order chi connectivity index (χ1) is 10.6. The standard InChI is InChI=1S/C14H10BN3O3S/c15-9-3-1-8(2-4-9)10-5-6-11(21-10)13-16-14(18-17-13)22-7-12(19)20/h1-6H,7H2,(H,19,20)(H,16,17,18). The number of aromatic amines is 1. The van der Waals surface area contributed by atoms with E-state index in [2.05, 4.69) is 15.2 Å². The zero-order valence-electron chi connectivity index (χ0n) is 11.3. The van der Waals surface area contributed by atoms with Gasteiger partial charge in [-0.25, -0.2) is 0 Å². The number of benzene rings is 1. The van der Waals surface area contributed by atoms with Crippen LogP contribution in [0, 0.1) is 0 Å². The number of aromatic nitrogens is 3. The van der Waals surface area contributed by atoms with Crippen LogP contribution in [-0.2, 0) is 4.79 Å². The molecular weight excluding hydrogens is 301 g/mol. The molecule has 6 nitrogen and oxygen atoms in total. The molecule has 2 heterocycles. The molecule has 22 heavy (non-hydrogen) atoms. The average molecular weight is 311 g/mol. The van der Waals surface area contributed by atoms with Crippen LogP contribution in [0.15, 0.2) is 46.0 Å². The third kappa shape index (κ3) is 3.22. The first-order valence-corrected chi connectivity index (χ1v) is 7.33. The normalized spacial score (nSPS) is 10.7. The molecule has 108 valence electrons. The number of carbonyl (C=O) groups is 1. The van der Waals surface area contributed by atoms with Crippen LogP contribution in [0.2, 0.25) is 0 Å². The number of thioether (sulfide) groups is 1. The van der Waals surface area contributed by atoms with Crippen molar-refractivity contribution in [2.24, 2.45) is 0 Å². The van der Waals surface area contributed by atoms with Gasteiger partial charge in [0.1, 0.15) is 13.6 Å². The molecule has 1 aromatic carbocycles. The Kier molecular flexibility index (Phi) is 4.01. The van der Waals surface area contributed by atoms with E-state index in [1.807, 2.05) is 18.2 Å². The Bertz CT molecular complexity index is 798. The third-order valence-corrected chi connectivity index (χ3v) is 3.66. The summed E-state index contributed by atoms with van der Waals surface area (Å²) in [5, 5.41) is 15.7. The molecule has 0 atom stereocenters. The molecule has 0 aliphatic carbocycles. The number of carboxylic acid groups (broad SMARTS) is 1. The zero-order chi connectivity index (χ0) is 15.5. The Balaban J connectivity index is 1.79. The lowest BCUT2D eigenvalue weighted by Gasteiger charge is -1.97. The van der Waals surface area contributed by atoms with Gasteiger partial charge in [0.2, 0.25) is 5.16 Å². The van der Waals surface area contributed by atoms with Crippen molar-refractivity contribution < 1.29 is 14.3 Å². The first kappa shape index (κ1) is 14.5. The highest BCUT2D eigenvalue weighted by molar-refractivity contribution is 7.99. The number of aliphatic carboxylic acids is 1. The largest absolute Gasteiger partial charge is 0.481 e. The summed E-state index contributed by atoms with van der Waals surface area (Å²) in [6, 6.07) is 10.9. The number of furan rings is 1. The maximum absolute atomic E-state index is 10.5. The van der Waals surface area contributed by atoms with Crippen LogP contribution in [0.4, 0.5) is 0 Å². The van der Waals surface area contributed by atoms with Crippen LogP contribution >= 0.6 is 11.8 Å². The molecule has 8 heteroatoms. The average Bonchev–Trinajstić information content (AvgIpc) is 3.15. The van der Waals surface area contributed by atoms with Gasteiger partial charge in [-0.05, 0) is 12.1 Å². The molecule has 2 aromatic heterocycles. The van der Waals surface area contributed by atoms with Crippen LogP contribution in [0.1, 0.15) is 0 Å². The fraction of sp³-hybridized carbons (Fsp3) is 0.0714. The molecule has 0 aliphatic heterocycles. The Hall–Kier alpha value is -2.48. The number of hydrogen-bond acceptors (Lipinski definition) is 5. The van der Waals surface area contributed by atoms with E-state index < -0.39 is 5.97 Å². The molecule has 0 saturated heterocycles. The predicted molar refractivity (Wildman–Crippen MR) is 83.3 cm³/mol. The van der Waals surface area contributed by atoms with Crippen LogP contribution in [-0.4, -0.2) is 39.9 Å². The molecule has 0 amide bonds. The number of hydrogen-bond donors (Lipinski definition) is 2. The van der Waals surface area contributed by atoms with Gasteiger partial charge in [0.25, 0.3) is 0 Å². The van der Waals surface area contributed by atoms with Crippen LogP contribution < -0.4 is 5.46 Å². The van der Waals surface area contributed by atoms with Crippen molar-refractivity contribution in [3.63, 3.8) is 0 Å². The lowest BCUT2D eigenvalue weighted by Crippen LogP contribution is -1.98. The van der Waals surface area contributed by atoms with Gasteiger partial charge in [-0.15, -0.1) is 5.10 Å². The van der Waals surface area contributed by atoms with Crippen molar-refractivity contribution in [2.75, 3.05) is 5.75 Å². The second kappa shape index (κ2) is 6.11. The summed E-state index contributed by atoms with van der Waals surface area (Å²) in [6.45, 7) is 0. The molecular formula is C14H10BN3O3S. The summed E-state index contributed by atoms with van der Waals surface area (Å²) in [7, 11) is 5.66. The van der Waals surface area contributed by atoms with E-state index >= 15 is 0 Å². The molecule has 3 aromatic rings. The highest BCUT2D eigenvalue weighted by Gasteiger charge is 2.12. The molecule has 2 radical (unpaired) electrons. The highest BCUT2D eigenvalue weighted by atomic mass is 32.2. The maximum atomic E-state index is 10.5. The van der Waals surface area contributed by atoms with E-state index in [0.29, 0.717) is 28.0 Å². The number of rotatable bonds is 5. The minimum Gasteiger partial charge on any atom is -0.481 e. The van der Waals surface area contributed by atoms with E-state index in [-0.39, 0.29) is 5.75 Å². The lowest BCUT2D eigenvalue weighted by molar-refractivity contribution is -0.133. The minimum atomic E-state index is -0.917. The molecule has 0 aliphatic rings. The van der Waals surface area contributed by atoms with E-state index in [4.69, 9.17) is 17.4 Å². The number of H-pyrrole nitrogens is 1. The van der Waals surface area contributed by atoms with E-state index in [0.717, 1.165) is 17.3 Å². The molecule has 0 bridgehead atoms. The van der Waals surface area contributed by atoms with Gasteiger partial charge in [0.05, 0.1) is 5.75 Å². The number of carboxylic acids is 1. The van der Waals surface area contributed by atoms with Gasteiger partial charge in [-0.1, -0.05) is 41.5 Å². The minimum absolute atomic E-state index is 0.0911. The summed E-state index contributed by atoms with van der Waals surface area (Å²) in [4.78, 5) is 14.7. The molecule has 3 rings (SSSR count). The Labute approximate surface area is 131 Å². The van der Waals surface area contributed by atoms with Gasteiger partial charge < -0.3 is 9.52 Å². The van der Waals surface area contributed by atoms with Crippen molar-refractivity contribution in [1.82, 2.24) is 15.2 Å². The molecule has 0 saturated carbocycles. The summed E-state index contributed by atoms with van der Waals surface area (Å²) in [6.07, 6.45) is 0. The second-order valence-corrected chi connectivity index (χ2v) is 5.38.